The van der Waals surface area contributed by atoms with Crippen LogP contribution >= 0.6 is 11.3 Å². The summed E-state index contributed by atoms with van der Waals surface area (Å²) in [7, 11) is 0. The molecule has 1 aliphatic carbocycles. The Kier molecular flexibility index (Phi) is 4.86. The van der Waals surface area contributed by atoms with E-state index in [0.717, 1.165) is 6.54 Å². The van der Waals surface area contributed by atoms with Crippen molar-refractivity contribution in [3.05, 3.63) is 21.4 Å². The first-order valence-corrected chi connectivity index (χ1v) is 7.53. The number of thiophene rings is 1. The topological polar surface area (TPSA) is 12.0 Å². The minimum absolute atomic E-state index is 1.09. The van der Waals surface area contributed by atoms with Crippen molar-refractivity contribution in [2.24, 2.45) is 0 Å². The van der Waals surface area contributed by atoms with Gasteiger partial charge in [0, 0.05) is 16.3 Å². The lowest BCUT2D eigenvalue weighted by Gasteiger charge is -2.02. The summed E-state index contributed by atoms with van der Waals surface area (Å²) in [6, 6.07) is 2.42. The first kappa shape index (κ1) is 12.1. The van der Waals surface area contributed by atoms with E-state index < -0.39 is 0 Å². The van der Waals surface area contributed by atoms with Crippen molar-refractivity contribution in [2.45, 2.75) is 58.4 Å². The van der Waals surface area contributed by atoms with E-state index in [9.17, 15) is 0 Å². The highest BCUT2D eigenvalue weighted by Gasteiger charge is 2.14. The number of aryl methyl sites for hydroxylation is 2. The van der Waals surface area contributed by atoms with Gasteiger partial charge >= 0.3 is 0 Å². The quantitative estimate of drug-likeness (QED) is 0.709. The highest BCUT2D eigenvalue weighted by atomic mass is 32.1. The summed E-state index contributed by atoms with van der Waals surface area (Å²) in [5.74, 6) is 0. The molecule has 1 aromatic rings. The van der Waals surface area contributed by atoms with Gasteiger partial charge in [-0.05, 0) is 43.9 Å². The van der Waals surface area contributed by atoms with Crippen LogP contribution in [0.3, 0.4) is 0 Å². The maximum Gasteiger partial charge on any atom is 0.0299 e. The van der Waals surface area contributed by atoms with Gasteiger partial charge in [-0.2, -0.15) is 0 Å². The van der Waals surface area contributed by atoms with E-state index in [0.29, 0.717) is 0 Å². The van der Waals surface area contributed by atoms with Crippen molar-refractivity contribution in [1.82, 2.24) is 5.32 Å². The standard InChI is InChI=1S/C14H23NS/c1-2-3-4-5-9-15-11-13-10-12-7-6-8-14(12)16-13/h10,15H,2-9,11H2,1H3. The number of rotatable bonds is 7. The van der Waals surface area contributed by atoms with E-state index in [2.05, 4.69) is 18.3 Å². The molecule has 0 saturated carbocycles. The lowest BCUT2D eigenvalue weighted by atomic mass is 10.2. The molecule has 0 aliphatic heterocycles. The van der Waals surface area contributed by atoms with Crippen LogP contribution in [-0.2, 0) is 19.4 Å². The first-order chi connectivity index (χ1) is 7.90. The third-order valence-electron chi connectivity index (χ3n) is 3.30. The average Bonchev–Trinajstić information content (AvgIpc) is 2.83. The summed E-state index contributed by atoms with van der Waals surface area (Å²) in [6.45, 7) is 4.53. The lowest BCUT2D eigenvalue weighted by molar-refractivity contribution is 0.600. The second-order valence-corrected chi connectivity index (χ2v) is 5.97. The Labute approximate surface area is 103 Å². The van der Waals surface area contributed by atoms with Crippen LogP contribution in [0.15, 0.2) is 6.07 Å². The molecular weight excluding hydrogens is 214 g/mol. The zero-order valence-corrected chi connectivity index (χ0v) is 11.2. The monoisotopic (exact) mass is 237 g/mol. The zero-order valence-electron chi connectivity index (χ0n) is 10.3. The maximum atomic E-state index is 3.56. The molecule has 0 saturated heterocycles. The Hall–Kier alpha value is -0.340. The van der Waals surface area contributed by atoms with E-state index in [1.807, 2.05) is 11.3 Å². The Balaban J connectivity index is 1.62. The van der Waals surface area contributed by atoms with Gasteiger partial charge in [-0.25, -0.2) is 0 Å². The fourth-order valence-electron chi connectivity index (χ4n) is 2.37. The molecule has 16 heavy (non-hydrogen) atoms. The molecule has 1 aromatic heterocycles. The molecule has 0 fully saturated rings. The molecule has 0 aromatic carbocycles. The fourth-order valence-corrected chi connectivity index (χ4v) is 3.60. The smallest absolute Gasteiger partial charge is 0.0299 e. The molecule has 0 radical (unpaired) electrons. The molecule has 0 spiro atoms. The highest BCUT2D eigenvalue weighted by Crippen LogP contribution is 2.30. The average molecular weight is 237 g/mol. The van der Waals surface area contributed by atoms with Crippen LogP contribution in [0.2, 0.25) is 0 Å². The second kappa shape index (κ2) is 6.41. The predicted octanol–water partition coefficient (Wildman–Crippen LogP) is 3.91. The van der Waals surface area contributed by atoms with Crippen LogP contribution in [0.1, 0.15) is 54.3 Å². The molecule has 0 unspecified atom stereocenters. The van der Waals surface area contributed by atoms with Crippen LogP contribution in [0, 0.1) is 0 Å². The molecule has 0 atom stereocenters. The van der Waals surface area contributed by atoms with Crippen LogP contribution in [0.5, 0.6) is 0 Å². The van der Waals surface area contributed by atoms with E-state index in [1.54, 1.807) is 15.3 Å². The van der Waals surface area contributed by atoms with E-state index in [4.69, 9.17) is 0 Å². The van der Waals surface area contributed by atoms with Crippen molar-refractivity contribution in [2.75, 3.05) is 6.54 Å². The third kappa shape index (κ3) is 3.33. The van der Waals surface area contributed by atoms with E-state index in [1.165, 1.54) is 51.5 Å². The van der Waals surface area contributed by atoms with Gasteiger partial charge in [0.15, 0.2) is 0 Å². The van der Waals surface area contributed by atoms with Gasteiger partial charge in [0.05, 0.1) is 0 Å². The largest absolute Gasteiger partial charge is 0.312 e. The Bertz CT molecular complexity index is 295. The van der Waals surface area contributed by atoms with Gasteiger partial charge < -0.3 is 5.32 Å². The van der Waals surface area contributed by atoms with Crippen molar-refractivity contribution in [3.63, 3.8) is 0 Å². The summed E-state index contributed by atoms with van der Waals surface area (Å²) in [5, 5.41) is 3.56. The Morgan fingerprint density at radius 1 is 1.25 bits per heavy atom. The van der Waals surface area contributed by atoms with Crippen LogP contribution in [0.25, 0.3) is 0 Å². The normalized spacial score (nSPS) is 14.3. The van der Waals surface area contributed by atoms with Gasteiger partial charge in [0.1, 0.15) is 0 Å². The Morgan fingerprint density at radius 2 is 2.19 bits per heavy atom. The fraction of sp³-hybridized carbons (Fsp3) is 0.714. The van der Waals surface area contributed by atoms with Crippen molar-refractivity contribution in [3.8, 4) is 0 Å². The third-order valence-corrected chi connectivity index (χ3v) is 4.54. The lowest BCUT2D eigenvalue weighted by Crippen LogP contribution is -2.13. The SMILES string of the molecule is CCCCCCNCc1cc2c(s1)CCC2. The van der Waals surface area contributed by atoms with Crippen LogP contribution in [-0.4, -0.2) is 6.54 Å². The summed E-state index contributed by atoms with van der Waals surface area (Å²) in [4.78, 5) is 3.20. The molecule has 1 nitrogen and oxygen atoms in total. The van der Waals surface area contributed by atoms with E-state index in [-0.39, 0.29) is 0 Å². The summed E-state index contributed by atoms with van der Waals surface area (Å²) >= 11 is 2.03. The highest BCUT2D eigenvalue weighted by molar-refractivity contribution is 7.12. The number of fused-ring (bicyclic) bond motifs is 1. The number of unbranched alkanes of at least 4 members (excludes halogenated alkanes) is 3. The summed E-state index contributed by atoms with van der Waals surface area (Å²) in [5.41, 5.74) is 1.63. The molecule has 1 N–H and O–H groups in total. The molecule has 0 amide bonds. The van der Waals surface area contributed by atoms with Gasteiger partial charge in [-0.15, -0.1) is 11.3 Å². The van der Waals surface area contributed by atoms with Crippen molar-refractivity contribution < 1.29 is 0 Å². The molecule has 1 heterocycles. The zero-order chi connectivity index (χ0) is 11.2. The van der Waals surface area contributed by atoms with Gasteiger partial charge in [-0.3, -0.25) is 0 Å². The molecule has 1 aliphatic rings. The van der Waals surface area contributed by atoms with Crippen molar-refractivity contribution >= 4 is 11.3 Å². The number of nitrogens with one attached hydrogen (secondary N) is 1. The van der Waals surface area contributed by atoms with Crippen LogP contribution in [0.4, 0.5) is 0 Å². The molecular formula is C14H23NS. The summed E-state index contributed by atoms with van der Waals surface area (Å²) in [6.07, 6.45) is 9.46. The molecule has 2 heteroatoms. The van der Waals surface area contributed by atoms with Gasteiger partial charge in [0.2, 0.25) is 0 Å². The second-order valence-electron chi connectivity index (χ2n) is 4.75. The van der Waals surface area contributed by atoms with E-state index >= 15 is 0 Å². The molecule has 2 rings (SSSR count). The molecule has 0 bridgehead atoms. The van der Waals surface area contributed by atoms with Gasteiger partial charge in [0.25, 0.3) is 0 Å². The predicted molar refractivity (Wildman–Crippen MR) is 72.2 cm³/mol. The first-order valence-electron chi connectivity index (χ1n) is 6.71. The Morgan fingerprint density at radius 3 is 3.00 bits per heavy atom. The van der Waals surface area contributed by atoms with Gasteiger partial charge in [-0.1, -0.05) is 26.2 Å². The van der Waals surface area contributed by atoms with Crippen LogP contribution < -0.4 is 5.32 Å². The summed E-state index contributed by atoms with van der Waals surface area (Å²) < 4.78 is 0. The number of hydrogen-bond acceptors (Lipinski definition) is 2. The minimum Gasteiger partial charge on any atom is -0.312 e. The van der Waals surface area contributed by atoms with Crippen molar-refractivity contribution in [1.29, 1.82) is 0 Å². The number of hydrogen-bond donors (Lipinski definition) is 1. The molecule has 90 valence electrons. The minimum atomic E-state index is 1.09. The maximum absolute atomic E-state index is 3.56.